The lowest BCUT2D eigenvalue weighted by Crippen LogP contribution is -2.25. The number of ketones is 1. The zero-order valence-corrected chi connectivity index (χ0v) is 19.1. The van der Waals surface area contributed by atoms with Crippen LogP contribution < -0.4 is 5.32 Å². The summed E-state index contributed by atoms with van der Waals surface area (Å²) in [5.41, 5.74) is 0.999. The molecule has 10 heteroatoms. The van der Waals surface area contributed by atoms with Crippen LogP contribution in [0.3, 0.4) is 0 Å². The number of nitrogens with zero attached hydrogens (tertiary/aromatic N) is 3. The lowest BCUT2D eigenvalue weighted by molar-refractivity contribution is -0.137. The molecule has 1 aromatic heterocycles. The maximum absolute atomic E-state index is 13.1. The van der Waals surface area contributed by atoms with E-state index < -0.39 is 23.4 Å². The third kappa shape index (κ3) is 5.11. The predicted molar refractivity (Wildman–Crippen MR) is 122 cm³/mol. The number of hydrogen-bond donors (Lipinski definition) is 1. The van der Waals surface area contributed by atoms with Crippen molar-refractivity contribution in [3.8, 4) is 5.69 Å². The van der Waals surface area contributed by atoms with Crippen molar-refractivity contribution < 1.29 is 27.6 Å². The number of nitrogens with one attached hydrogen (secondary N) is 1. The molecule has 0 saturated carbocycles. The Bertz CT molecular complexity index is 1310. The van der Waals surface area contributed by atoms with Crippen molar-refractivity contribution >= 4 is 23.3 Å². The minimum atomic E-state index is -4.53. The lowest BCUT2D eigenvalue weighted by atomic mass is 10.1. The zero-order chi connectivity index (χ0) is 25.3. The van der Waals surface area contributed by atoms with Crippen molar-refractivity contribution in [2.45, 2.75) is 39.4 Å². The molecule has 1 aliphatic heterocycles. The van der Waals surface area contributed by atoms with Gasteiger partial charge in [-0.3, -0.25) is 14.4 Å². The molecule has 35 heavy (non-hydrogen) atoms. The molecular formula is C25H23F3N4O3. The van der Waals surface area contributed by atoms with Gasteiger partial charge in [0.1, 0.15) is 0 Å². The number of carbonyl (C=O) groups excluding carboxylic acids is 3. The van der Waals surface area contributed by atoms with Crippen LogP contribution in [0, 0.1) is 13.8 Å². The van der Waals surface area contributed by atoms with E-state index in [0.29, 0.717) is 25.2 Å². The number of anilines is 1. The second-order valence-corrected chi connectivity index (χ2v) is 8.41. The molecule has 2 amide bonds. The normalized spacial score (nSPS) is 13.9. The van der Waals surface area contributed by atoms with E-state index in [-0.39, 0.29) is 28.5 Å². The Balaban J connectivity index is 1.53. The molecule has 2 aromatic carbocycles. The number of carbonyl (C=O) groups is 3. The van der Waals surface area contributed by atoms with Crippen LogP contribution >= 0.6 is 0 Å². The number of amides is 2. The fourth-order valence-electron chi connectivity index (χ4n) is 4.18. The highest BCUT2D eigenvalue weighted by Crippen LogP contribution is 2.31. The fourth-order valence-corrected chi connectivity index (χ4v) is 4.18. The summed E-state index contributed by atoms with van der Waals surface area (Å²) in [5, 5.41) is 6.78. The van der Waals surface area contributed by atoms with Gasteiger partial charge >= 0.3 is 6.18 Å². The minimum absolute atomic E-state index is 0.0266. The predicted octanol–water partition coefficient (Wildman–Crippen LogP) is 4.45. The Labute approximate surface area is 199 Å². The van der Waals surface area contributed by atoms with Gasteiger partial charge in [-0.2, -0.15) is 18.3 Å². The summed E-state index contributed by atoms with van der Waals surface area (Å²) in [6.07, 6.45) is -3.18. The molecule has 3 aromatic rings. The molecule has 1 N–H and O–H groups in total. The number of alkyl halides is 3. The Morgan fingerprint density at radius 2 is 1.83 bits per heavy atom. The van der Waals surface area contributed by atoms with Gasteiger partial charge < -0.3 is 10.2 Å². The molecule has 0 unspecified atom stereocenters. The van der Waals surface area contributed by atoms with Crippen LogP contribution in [0.25, 0.3) is 5.69 Å². The smallest absolute Gasteiger partial charge is 0.338 e. The monoisotopic (exact) mass is 484 g/mol. The summed E-state index contributed by atoms with van der Waals surface area (Å²) in [4.78, 5) is 39.3. The summed E-state index contributed by atoms with van der Waals surface area (Å²) in [6, 6.07) is 11.5. The van der Waals surface area contributed by atoms with Gasteiger partial charge in [0, 0.05) is 25.2 Å². The SMILES string of the molecule is Cc1nn(-c2cccc(C(F)(F)F)c2)c(C)c1C(=O)C(=O)Nc1cccc(CN2CCCC2=O)c1. The van der Waals surface area contributed by atoms with Crippen LogP contribution in [-0.2, 0) is 22.3 Å². The third-order valence-corrected chi connectivity index (χ3v) is 5.87. The second kappa shape index (κ2) is 9.36. The average Bonchev–Trinajstić information content (AvgIpc) is 3.34. The maximum Gasteiger partial charge on any atom is 0.416 e. The summed E-state index contributed by atoms with van der Waals surface area (Å²) in [6.45, 7) is 4.14. The second-order valence-electron chi connectivity index (χ2n) is 8.41. The molecule has 182 valence electrons. The van der Waals surface area contributed by atoms with E-state index in [1.165, 1.54) is 30.7 Å². The Morgan fingerprint density at radius 1 is 1.09 bits per heavy atom. The summed E-state index contributed by atoms with van der Waals surface area (Å²) in [5.74, 6) is -1.66. The number of halogens is 3. The van der Waals surface area contributed by atoms with Crippen LogP contribution in [0.4, 0.5) is 18.9 Å². The van der Waals surface area contributed by atoms with Crippen molar-refractivity contribution in [3.63, 3.8) is 0 Å². The third-order valence-electron chi connectivity index (χ3n) is 5.87. The molecule has 1 fully saturated rings. The van der Waals surface area contributed by atoms with Gasteiger partial charge in [-0.05, 0) is 56.2 Å². The van der Waals surface area contributed by atoms with Crippen LogP contribution in [0.15, 0.2) is 48.5 Å². The number of aromatic nitrogens is 2. The molecule has 1 aliphatic rings. The number of Topliss-reactive ketones (excluding diaryl/α,β-unsaturated/α-hetero) is 1. The van der Waals surface area contributed by atoms with Crippen molar-refractivity contribution in [1.29, 1.82) is 0 Å². The topological polar surface area (TPSA) is 84.3 Å². The van der Waals surface area contributed by atoms with Gasteiger partial charge in [0.2, 0.25) is 5.91 Å². The quantitative estimate of drug-likeness (QED) is 0.414. The first-order valence-corrected chi connectivity index (χ1v) is 11.0. The average molecular weight is 484 g/mol. The highest BCUT2D eigenvalue weighted by molar-refractivity contribution is 6.47. The van der Waals surface area contributed by atoms with E-state index in [1.54, 1.807) is 23.1 Å². The van der Waals surface area contributed by atoms with Crippen LogP contribution in [0.5, 0.6) is 0 Å². The minimum Gasteiger partial charge on any atom is -0.338 e. The summed E-state index contributed by atoms with van der Waals surface area (Å²) < 4.78 is 40.6. The molecule has 0 aliphatic carbocycles. The Hall–Kier alpha value is -3.95. The van der Waals surface area contributed by atoms with E-state index in [4.69, 9.17) is 0 Å². The van der Waals surface area contributed by atoms with Crippen molar-refractivity contribution in [2.24, 2.45) is 0 Å². The molecule has 0 spiro atoms. The number of likely N-dealkylation sites (tertiary alicyclic amines) is 1. The molecule has 2 heterocycles. The van der Waals surface area contributed by atoms with Gasteiger partial charge in [0.25, 0.3) is 11.7 Å². The Kier molecular flexibility index (Phi) is 6.47. The number of hydrogen-bond acceptors (Lipinski definition) is 4. The number of aryl methyl sites for hydroxylation is 1. The fraction of sp³-hybridized carbons (Fsp3) is 0.280. The first-order valence-electron chi connectivity index (χ1n) is 11.0. The van der Waals surface area contributed by atoms with E-state index in [1.807, 2.05) is 6.07 Å². The van der Waals surface area contributed by atoms with Gasteiger partial charge in [0.05, 0.1) is 28.2 Å². The van der Waals surface area contributed by atoms with E-state index >= 15 is 0 Å². The summed E-state index contributed by atoms with van der Waals surface area (Å²) in [7, 11) is 0. The largest absolute Gasteiger partial charge is 0.416 e. The molecule has 7 nitrogen and oxygen atoms in total. The molecule has 4 rings (SSSR count). The summed E-state index contributed by atoms with van der Waals surface area (Å²) >= 11 is 0. The molecule has 1 saturated heterocycles. The van der Waals surface area contributed by atoms with Crippen molar-refractivity contribution in [3.05, 3.63) is 76.6 Å². The molecule has 0 atom stereocenters. The van der Waals surface area contributed by atoms with Gasteiger partial charge in [-0.15, -0.1) is 0 Å². The number of benzene rings is 2. The maximum atomic E-state index is 13.1. The molecule has 0 bridgehead atoms. The van der Waals surface area contributed by atoms with Gasteiger partial charge in [-0.1, -0.05) is 18.2 Å². The van der Waals surface area contributed by atoms with E-state index in [2.05, 4.69) is 10.4 Å². The van der Waals surface area contributed by atoms with Crippen LogP contribution in [0.1, 0.15) is 45.7 Å². The van der Waals surface area contributed by atoms with E-state index in [0.717, 1.165) is 24.1 Å². The number of rotatable bonds is 6. The first kappa shape index (κ1) is 24.2. The van der Waals surface area contributed by atoms with Crippen LogP contribution in [-0.4, -0.2) is 38.8 Å². The van der Waals surface area contributed by atoms with Gasteiger partial charge in [0.15, 0.2) is 0 Å². The highest BCUT2D eigenvalue weighted by atomic mass is 19.4. The Morgan fingerprint density at radius 3 is 2.51 bits per heavy atom. The van der Waals surface area contributed by atoms with Crippen LogP contribution in [0.2, 0.25) is 0 Å². The lowest BCUT2D eigenvalue weighted by Gasteiger charge is -2.16. The zero-order valence-electron chi connectivity index (χ0n) is 19.1. The first-order chi connectivity index (χ1) is 16.5. The molecular weight excluding hydrogens is 461 g/mol. The van der Waals surface area contributed by atoms with Gasteiger partial charge in [-0.25, -0.2) is 4.68 Å². The van der Waals surface area contributed by atoms with Crippen molar-refractivity contribution in [1.82, 2.24) is 14.7 Å². The molecule has 0 radical (unpaired) electrons. The highest BCUT2D eigenvalue weighted by Gasteiger charge is 2.31. The standard InChI is InChI=1S/C25H23F3N4O3/c1-15-22(16(2)32(30-15)20-9-4-7-18(13-20)25(26,27)28)23(34)24(35)29-19-8-3-6-17(12-19)14-31-11-5-10-21(31)33/h3-4,6-9,12-13H,5,10-11,14H2,1-2H3,(H,29,35). The van der Waals surface area contributed by atoms with Crippen molar-refractivity contribution in [2.75, 3.05) is 11.9 Å². The van der Waals surface area contributed by atoms with E-state index in [9.17, 15) is 27.6 Å².